The molecule has 1 amide bonds. The van der Waals surface area contributed by atoms with Crippen LogP contribution >= 0.6 is 0 Å². The van der Waals surface area contributed by atoms with Crippen molar-refractivity contribution in [1.29, 1.82) is 0 Å². The molecule has 1 unspecified atom stereocenters. The molecule has 4 aromatic rings. The van der Waals surface area contributed by atoms with Gasteiger partial charge in [-0.2, -0.15) is 4.98 Å². The molecule has 0 aliphatic heterocycles. The van der Waals surface area contributed by atoms with Gasteiger partial charge in [-0.3, -0.25) is 4.79 Å². The van der Waals surface area contributed by atoms with E-state index in [9.17, 15) is 4.79 Å². The van der Waals surface area contributed by atoms with Crippen molar-refractivity contribution in [3.05, 3.63) is 103 Å². The second kappa shape index (κ2) is 10.8. The summed E-state index contributed by atoms with van der Waals surface area (Å²) in [4.78, 5) is 24.2. The van der Waals surface area contributed by atoms with Gasteiger partial charge >= 0.3 is 6.01 Å². The minimum Gasteiger partial charge on any atom is -0.461 e. The Kier molecular flexibility index (Phi) is 7.33. The van der Waals surface area contributed by atoms with Crippen LogP contribution in [0.4, 0.5) is 0 Å². The smallest absolute Gasteiger partial charge is 0.316 e. The predicted molar refractivity (Wildman–Crippen MR) is 136 cm³/mol. The molecule has 1 aromatic heterocycles. The van der Waals surface area contributed by atoms with Crippen molar-refractivity contribution in [3.8, 4) is 28.4 Å². The lowest BCUT2D eigenvalue weighted by Crippen LogP contribution is -2.44. The quantitative estimate of drug-likeness (QED) is 0.330. The molecule has 0 spiro atoms. The zero-order chi connectivity index (χ0) is 23.9. The van der Waals surface area contributed by atoms with Crippen molar-refractivity contribution in [2.45, 2.75) is 19.9 Å². The zero-order valence-electron chi connectivity index (χ0n) is 19.8. The van der Waals surface area contributed by atoms with E-state index in [1.54, 1.807) is 11.1 Å². The van der Waals surface area contributed by atoms with Crippen molar-refractivity contribution in [2.24, 2.45) is 5.92 Å². The molecule has 0 saturated heterocycles. The van der Waals surface area contributed by atoms with E-state index >= 15 is 0 Å². The second-order valence-electron chi connectivity index (χ2n) is 8.54. The van der Waals surface area contributed by atoms with Crippen molar-refractivity contribution < 1.29 is 9.53 Å². The molecule has 1 heterocycles. The van der Waals surface area contributed by atoms with E-state index in [4.69, 9.17) is 4.74 Å². The molecule has 1 atom stereocenters. The van der Waals surface area contributed by atoms with Crippen molar-refractivity contribution >= 4 is 5.91 Å². The molecule has 172 valence electrons. The Labute approximate surface area is 201 Å². The highest BCUT2D eigenvalue weighted by Crippen LogP contribution is 2.26. The van der Waals surface area contributed by atoms with Crippen molar-refractivity contribution in [2.75, 3.05) is 13.7 Å². The first-order valence-corrected chi connectivity index (χ1v) is 11.5. The van der Waals surface area contributed by atoms with Gasteiger partial charge in [0.15, 0.2) is 0 Å². The van der Waals surface area contributed by atoms with Gasteiger partial charge < -0.3 is 9.64 Å². The van der Waals surface area contributed by atoms with Crippen LogP contribution in [0.5, 0.6) is 6.01 Å². The average molecular weight is 452 g/mol. The minimum absolute atomic E-state index is 0.0410. The van der Waals surface area contributed by atoms with Crippen LogP contribution in [-0.4, -0.2) is 40.5 Å². The average Bonchev–Trinajstić information content (AvgIpc) is 2.89. The summed E-state index contributed by atoms with van der Waals surface area (Å²) < 4.78 is 6.00. The summed E-state index contributed by atoms with van der Waals surface area (Å²) in [6, 6.07) is 29.6. The molecule has 0 N–H and O–H groups in total. The number of rotatable bonds is 8. The normalized spacial score (nSPS) is 11.8. The van der Waals surface area contributed by atoms with E-state index in [0.29, 0.717) is 18.2 Å². The number of carbonyl (C=O) groups is 1. The van der Waals surface area contributed by atoms with E-state index in [1.165, 1.54) is 0 Å². The predicted octanol–water partition coefficient (Wildman–Crippen LogP) is 5.99. The number of ether oxygens (including phenoxy) is 1. The number of likely N-dealkylation sites (N-methyl/N-ethyl adjacent to an activating group) is 1. The van der Waals surface area contributed by atoms with Crippen molar-refractivity contribution in [3.63, 3.8) is 0 Å². The fourth-order valence-corrected chi connectivity index (χ4v) is 3.97. The lowest BCUT2D eigenvalue weighted by atomic mass is 9.97. The van der Waals surface area contributed by atoms with Crippen LogP contribution in [0.15, 0.2) is 97.2 Å². The summed E-state index contributed by atoms with van der Waals surface area (Å²) in [6.45, 7) is 4.47. The molecule has 0 aliphatic carbocycles. The molecule has 0 bridgehead atoms. The highest BCUT2D eigenvalue weighted by Gasteiger charge is 2.26. The number of benzene rings is 3. The summed E-state index contributed by atoms with van der Waals surface area (Å²) >= 11 is 0. The largest absolute Gasteiger partial charge is 0.461 e. The third-order valence-corrected chi connectivity index (χ3v) is 5.92. The maximum absolute atomic E-state index is 13.6. The Bertz CT molecular complexity index is 1230. The third-order valence-electron chi connectivity index (χ3n) is 5.92. The summed E-state index contributed by atoms with van der Waals surface area (Å²) in [5, 5.41) is 0. The minimum atomic E-state index is -0.152. The zero-order valence-corrected chi connectivity index (χ0v) is 19.8. The van der Waals surface area contributed by atoms with E-state index in [1.807, 2.05) is 98.0 Å². The monoisotopic (exact) mass is 451 g/mol. The topological polar surface area (TPSA) is 55.3 Å². The number of hydrogen-bond donors (Lipinski definition) is 0. The first-order chi connectivity index (χ1) is 16.5. The lowest BCUT2D eigenvalue weighted by Gasteiger charge is -2.31. The number of nitrogens with zero attached hydrogens (tertiary/aromatic N) is 3. The van der Waals surface area contributed by atoms with Gasteiger partial charge in [-0.25, -0.2) is 4.98 Å². The first-order valence-electron chi connectivity index (χ1n) is 11.5. The molecule has 5 heteroatoms. The fourth-order valence-electron chi connectivity index (χ4n) is 3.97. The number of hydrogen-bond acceptors (Lipinski definition) is 4. The van der Waals surface area contributed by atoms with Crippen LogP contribution < -0.4 is 4.74 Å². The van der Waals surface area contributed by atoms with Gasteiger partial charge in [-0.15, -0.1) is 0 Å². The molecule has 0 aliphatic rings. The van der Waals surface area contributed by atoms with Crippen LogP contribution in [0.3, 0.4) is 0 Å². The molecule has 0 radical (unpaired) electrons. The van der Waals surface area contributed by atoms with Crippen molar-refractivity contribution in [1.82, 2.24) is 14.9 Å². The Morgan fingerprint density at radius 3 is 2.15 bits per heavy atom. The molecule has 4 rings (SSSR count). The number of aromatic nitrogens is 2. The van der Waals surface area contributed by atoms with E-state index in [0.717, 1.165) is 22.4 Å². The van der Waals surface area contributed by atoms with Gasteiger partial charge in [0, 0.05) is 24.4 Å². The molecule has 0 saturated carbocycles. The van der Waals surface area contributed by atoms with Crippen LogP contribution in [0.1, 0.15) is 24.2 Å². The van der Waals surface area contributed by atoms with E-state index in [-0.39, 0.29) is 17.9 Å². The van der Waals surface area contributed by atoms with Crippen LogP contribution in [0, 0.1) is 5.92 Å². The highest BCUT2D eigenvalue weighted by atomic mass is 16.5. The molecular weight excluding hydrogens is 422 g/mol. The SMILES string of the molecule is CC(C)C(COc1nccc(-c2ccccc2)n1)N(C)C(=O)c1ccccc1-c1ccccc1. The summed E-state index contributed by atoms with van der Waals surface area (Å²) in [6.07, 6.45) is 1.69. The molecule has 5 nitrogen and oxygen atoms in total. The van der Waals surface area contributed by atoms with Gasteiger partial charge in [0.2, 0.25) is 0 Å². The van der Waals surface area contributed by atoms with Gasteiger partial charge in [-0.1, -0.05) is 92.7 Å². The van der Waals surface area contributed by atoms with Gasteiger partial charge in [0.25, 0.3) is 5.91 Å². The van der Waals surface area contributed by atoms with Crippen LogP contribution in [0.25, 0.3) is 22.4 Å². The van der Waals surface area contributed by atoms with E-state index < -0.39 is 0 Å². The third kappa shape index (κ3) is 5.31. The second-order valence-corrected chi connectivity index (χ2v) is 8.54. The number of carbonyl (C=O) groups excluding carboxylic acids is 1. The van der Waals surface area contributed by atoms with Crippen LogP contribution in [-0.2, 0) is 0 Å². The Morgan fingerprint density at radius 1 is 0.853 bits per heavy atom. The van der Waals surface area contributed by atoms with Gasteiger partial charge in [0.1, 0.15) is 6.61 Å². The number of amides is 1. The summed E-state index contributed by atoms with van der Waals surface area (Å²) in [7, 11) is 1.83. The van der Waals surface area contributed by atoms with E-state index in [2.05, 4.69) is 23.8 Å². The van der Waals surface area contributed by atoms with Gasteiger partial charge in [-0.05, 0) is 29.2 Å². The van der Waals surface area contributed by atoms with Crippen LogP contribution in [0.2, 0.25) is 0 Å². The maximum Gasteiger partial charge on any atom is 0.316 e. The molecule has 0 fully saturated rings. The van der Waals surface area contributed by atoms with Gasteiger partial charge in [0.05, 0.1) is 11.7 Å². The first kappa shape index (κ1) is 23.2. The lowest BCUT2D eigenvalue weighted by molar-refractivity contribution is 0.0604. The standard InChI is InChI=1S/C29H29N3O2/c1-21(2)27(20-34-29-30-19-18-26(31-29)23-14-8-5-9-15-23)32(3)28(33)25-17-11-10-16-24(25)22-12-6-4-7-13-22/h4-19,21,27H,20H2,1-3H3. The highest BCUT2D eigenvalue weighted by molar-refractivity contribution is 6.00. The Hall–Kier alpha value is -3.99. The molecule has 3 aromatic carbocycles. The Balaban J connectivity index is 1.52. The molecular formula is C29H29N3O2. The fraction of sp³-hybridized carbons (Fsp3) is 0.207. The molecule has 34 heavy (non-hydrogen) atoms. The maximum atomic E-state index is 13.6. The summed E-state index contributed by atoms with van der Waals surface area (Å²) in [5.74, 6) is 0.135. The Morgan fingerprint density at radius 2 is 1.47 bits per heavy atom. The summed E-state index contributed by atoms with van der Waals surface area (Å²) in [5.41, 5.74) is 4.41.